The zero-order valence-electron chi connectivity index (χ0n) is 11.4. The van der Waals surface area contributed by atoms with Gasteiger partial charge in [-0.05, 0) is 58.1 Å². The molecule has 1 N–H and O–H groups in total. The average molecular weight is 278 g/mol. The molecule has 2 aromatic rings. The largest absolute Gasteiger partial charge is 0.358 e. The Kier molecular flexibility index (Phi) is 3.54. The maximum Gasteiger partial charge on any atom is 0.123 e. The number of nitrogens with zero attached hydrogens (tertiary/aromatic N) is 1. The zero-order valence-corrected chi connectivity index (χ0v) is 12.2. The lowest BCUT2D eigenvalue weighted by atomic mass is 10.1. The van der Waals surface area contributed by atoms with E-state index in [0.29, 0.717) is 5.25 Å². The number of H-pyrrole nitrogens is 1. The Morgan fingerprint density at radius 3 is 2.79 bits per heavy atom. The monoisotopic (exact) mass is 278 g/mol. The highest BCUT2D eigenvalue weighted by molar-refractivity contribution is 8.00. The Labute approximate surface area is 117 Å². The molecule has 102 valence electrons. The van der Waals surface area contributed by atoms with Crippen molar-refractivity contribution in [2.24, 2.45) is 0 Å². The van der Waals surface area contributed by atoms with Crippen molar-refractivity contribution in [3.63, 3.8) is 0 Å². The van der Waals surface area contributed by atoms with E-state index >= 15 is 0 Å². The first kappa shape index (κ1) is 13.0. The maximum absolute atomic E-state index is 13.4. The second-order valence-corrected chi connectivity index (χ2v) is 6.70. The smallest absolute Gasteiger partial charge is 0.123 e. The van der Waals surface area contributed by atoms with Gasteiger partial charge in [-0.15, -0.1) is 11.8 Å². The van der Waals surface area contributed by atoms with Crippen LogP contribution < -0.4 is 0 Å². The van der Waals surface area contributed by atoms with E-state index in [2.05, 4.69) is 23.9 Å². The summed E-state index contributed by atoms with van der Waals surface area (Å²) in [5.74, 6) is -0.156. The SMILES string of the molecule is Cc1[nH]c2ccc(F)cc2c1SC1CCN(C)CC1. The number of aryl methyl sites for hydroxylation is 1. The van der Waals surface area contributed by atoms with Crippen LogP contribution in [0.1, 0.15) is 18.5 Å². The summed E-state index contributed by atoms with van der Waals surface area (Å²) in [6.45, 7) is 4.40. The molecular formula is C15H19FN2S. The summed E-state index contributed by atoms with van der Waals surface area (Å²) in [5.41, 5.74) is 2.19. The van der Waals surface area contributed by atoms with Crippen LogP contribution in [0.3, 0.4) is 0 Å². The van der Waals surface area contributed by atoms with Crippen molar-refractivity contribution in [1.29, 1.82) is 0 Å². The maximum atomic E-state index is 13.4. The topological polar surface area (TPSA) is 19.0 Å². The summed E-state index contributed by atoms with van der Waals surface area (Å²) in [4.78, 5) is 6.95. The van der Waals surface area contributed by atoms with Gasteiger partial charge in [-0.1, -0.05) is 0 Å². The molecule has 0 bridgehead atoms. The van der Waals surface area contributed by atoms with Crippen LogP contribution in [0.5, 0.6) is 0 Å². The number of hydrogen-bond donors (Lipinski definition) is 1. The highest BCUT2D eigenvalue weighted by atomic mass is 32.2. The molecule has 0 atom stereocenters. The van der Waals surface area contributed by atoms with Crippen LogP contribution in [0.2, 0.25) is 0 Å². The van der Waals surface area contributed by atoms with Crippen LogP contribution in [0, 0.1) is 12.7 Å². The molecule has 0 radical (unpaired) electrons. The molecule has 0 spiro atoms. The Bertz CT molecular complexity index is 585. The van der Waals surface area contributed by atoms with Gasteiger partial charge in [0.2, 0.25) is 0 Å². The van der Waals surface area contributed by atoms with Crippen LogP contribution in [-0.4, -0.2) is 35.3 Å². The normalized spacial score (nSPS) is 18.3. The number of fused-ring (bicyclic) bond motifs is 1. The minimum atomic E-state index is -0.156. The predicted octanol–water partition coefficient (Wildman–Crippen LogP) is 3.80. The van der Waals surface area contributed by atoms with Gasteiger partial charge in [-0.2, -0.15) is 0 Å². The third kappa shape index (κ3) is 2.65. The summed E-state index contributed by atoms with van der Waals surface area (Å²) >= 11 is 1.91. The molecular weight excluding hydrogens is 259 g/mol. The van der Waals surface area contributed by atoms with Gasteiger partial charge < -0.3 is 9.88 Å². The fourth-order valence-corrected chi connectivity index (χ4v) is 4.00. The van der Waals surface area contributed by atoms with Crippen LogP contribution in [0.4, 0.5) is 4.39 Å². The molecule has 1 saturated heterocycles. The number of piperidine rings is 1. The Hall–Kier alpha value is -1.00. The van der Waals surface area contributed by atoms with Crippen LogP contribution in [0.15, 0.2) is 23.1 Å². The minimum absolute atomic E-state index is 0.156. The van der Waals surface area contributed by atoms with Crippen LogP contribution in [-0.2, 0) is 0 Å². The molecule has 19 heavy (non-hydrogen) atoms. The van der Waals surface area contributed by atoms with E-state index in [9.17, 15) is 4.39 Å². The van der Waals surface area contributed by atoms with Gasteiger partial charge in [0.25, 0.3) is 0 Å². The van der Waals surface area contributed by atoms with Gasteiger partial charge in [0, 0.05) is 26.7 Å². The molecule has 1 fully saturated rings. The highest BCUT2D eigenvalue weighted by Crippen LogP contribution is 2.37. The van der Waals surface area contributed by atoms with Gasteiger partial charge in [0.15, 0.2) is 0 Å². The first-order valence-corrected chi connectivity index (χ1v) is 7.64. The van der Waals surface area contributed by atoms with Gasteiger partial charge in [-0.25, -0.2) is 4.39 Å². The molecule has 0 aliphatic carbocycles. The fraction of sp³-hybridized carbons (Fsp3) is 0.467. The van der Waals surface area contributed by atoms with Gasteiger partial charge in [-0.3, -0.25) is 0 Å². The summed E-state index contributed by atoms with van der Waals surface area (Å²) in [6.07, 6.45) is 2.42. The number of thioether (sulfide) groups is 1. The van der Waals surface area contributed by atoms with Crippen molar-refractivity contribution in [1.82, 2.24) is 9.88 Å². The van der Waals surface area contributed by atoms with E-state index < -0.39 is 0 Å². The average Bonchev–Trinajstić information content (AvgIpc) is 2.69. The van der Waals surface area contributed by atoms with E-state index in [1.54, 1.807) is 6.07 Å². The number of aromatic amines is 1. The van der Waals surface area contributed by atoms with E-state index in [0.717, 1.165) is 29.7 Å². The molecule has 3 rings (SSSR count). The van der Waals surface area contributed by atoms with Crippen LogP contribution >= 0.6 is 11.8 Å². The highest BCUT2D eigenvalue weighted by Gasteiger charge is 2.20. The van der Waals surface area contributed by atoms with Gasteiger partial charge in [0.05, 0.1) is 0 Å². The van der Waals surface area contributed by atoms with E-state index in [4.69, 9.17) is 0 Å². The lowest BCUT2D eigenvalue weighted by Crippen LogP contribution is -2.31. The molecule has 1 aliphatic rings. The first-order chi connectivity index (χ1) is 9.13. The van der Waals surface area contributed by atoms with Gasteiger partial charge in [0.1, 0.15) is 5.82 Å². The molecule has 0 unspecified atom stereocenters. The summed E-state index contributed by atoms with van der Waals surface area (Å²) in [7, 11) is 2.17. The van der Waals surface area contributed by atoms with E-state index in [1.807, 2.05) is 17.8 Å². The fourth-order valence-electron chi connectivity index (χ4n) is 2.70. The van der Waals surface area contributed by atoms with E-state index in [-0.39, 0.29) is 5.82 Å². The van der Waals surface area contributed by atoms with Gasteiger partial charge >= 0.3 is 0 Å². The second-order valence-electron chi connectivity index (χ2n) is 5.39. The Morgan fingerprint density at radius 1 is 1.32 bits per heavy atom. The molecule has 1 aliphatic heterocycles. The molecule has 2 heterocycles. The lowest BCUT2D eigenvalue weighted by molar-refractivity contribution is 0.282. The van der Waals surface area contributed by atoms with E-state index in [1.165, 1.54) is 23.8 Å². The third-order valence-electron chi connectivity index (χ3n) is 3.84. The molecule has 1 aromatic carbocycles. The molecule has 0 saturated carbocycles. The lowest BCUT2D eigenvalue weighted by Gasteiger charge is -2.28. The first-order valence-electron chi connectivity index (χ1n) is 6.76. The quantitative estimate of drug-likeness (QED) is 0.901. The second kappa shape index (κ2) is 5.17. The standard InChI is InChI=1S/C15H19FN2S/c1-10-15(19-12-5-7-18(2)8-6-12)13-9-11(16)3-4-14(13)17-10/h3-4,9,12,17H,5-8H2,1-2H3. The van der Waals surface area contributed by atoms with Crippen molar-refractivity contribution >= 4 is 22.7 Å². The van der Waals surface area contributed by atoms with Crippen molar-refractivity contribution < 1.29 is 4.39 Å². The number of rotatable bonds is 2. The number of likely N-dealkylation sites (tertiary alicyclic amines) is 1. The zero-order chi connectivity index (χ0) is 13.4. The molecule has 0 amide bonds. The van der Waals surface area contributed by atoms with Crippen molar-refractivity contribution in [3.05, 3.63) is 29.7 Å². The molecule has 4 heteroatoms. The Balaban J connectivity index is 1.87. The number of hydrogen-bond acceptors (Lipinski definition) is 2. The molecule has 2 nitrogen and oxygen atoms in total. The number of aromatic nitrogens is 1. The summed E-state index contributed by atoms with van der Waals surface area (Å²) < 4.78 is 13.4. The third-order valence-corrected chi connectivity index (χ3v) is 5.41. The number of nitrogens with one attached hydrogen (secondary N) is 1. The van der Waals surface area contributed by atoms with Crippen molar-refractivity contribution in [2.75, 3.05) is 20.1 Å². The molecule has 1 aromatic heterocycles. The van der Waals surface area contributed by atoms with Crippen molar-refractivity contribution in [2.45, 2.75) is 29.9 Å². The summed E-state index contributed by atoms with van der Waals surface area (Å²) in [5, 5.41) is 1.68. The number of benzene rings is 1. The van der Waals surface area contributed by atoms with Crippen LogP contribution in [0.25, 0.3) is 10.9 Å². The Morgan fingerprint density at radius 2 is 2.05 bits per heavy atom. The summed E-state index contributed by atoms with van der Waals surface area (Å²) in [6, 6.07) is 4.99. The minimum Gasteiger partial charge on any atom is -0.358 e. The number of halogens is 1. The van der Waals surface area contributed by atoms with Crippen molar-refractivity contribution in [3.8, 4) is 0 Å². The predicted molar refractivity (Wildman–Crippen MR) is 79.4 cm³/mol.